The SMILES string of the molecule is CCOc1ccc(OCC)c(NC(=O)COC(=O)c2cc(C)n(Cc3ccco3)c2C)c1. The molecule has 1 amide bonds. The predicted molar refractivity (Wildman–Crippen MR) is 119 cm³/mol. The number of hydrogen-bond acceptors (Lipinski definition) is 6. The van der Waals surface area contributed by atoms with Gasteiger partial charge in [0, 0.05) is 17.5 Å². The lowest BCUT2D eigenvalue weighted by molar-refractivity contribution is -0.119. The highest BCUT2D eigenvalue weighted by atomic mass is 16.5. The normalized spacial score (nSPS) is 10.6. The molecule has 0 atom stereocenters. The topological polar surface area (TPSA) is 91.9 Å². The Bertz CT molecular complexity index is 1070. The molecule has 1 N–H and O–H groups in total. The number of aromatic nitrogens is 1. The fourth-order valence-electron chi connectivity index (χ4n) is 3.35. The summed E-state index contributed by atoms with van der Waals surface area (Å²) in [4.78, 5) is 25.1. The number of carbonyl (C=O) groups is 2. The first kappa shape index (κ1) is 23.0. The van der Waals surface area contributed by atoms with E-state index in [0.717, 1.165) is 17.1 Å². The first-order valence-electron chi connectivity index (χ1n) is 10.5. The second kappa shape index (κ2) is 10.6. The molecule has 0 saturated heterocycles. The molecule has 32 heavy (non-hydrogen) atoms. The van der Waals surface area contributed by atoms with Gasteiger partial charge in [-0.05, 0) is 58.0 Å². The quantitative estimate of drug-likeness (QED) is 0.472. The second-order valence-corrected chi connectivity index (χ2v) is 7.10. The number of esters is 1. The third-order valence-corrected chi connectivity index (χ3v) is 4.86. The van der Waals surface area contributed by atoms with Gasteiger partial charge >= 0.3 is 5.97 Å². The van der Waals surface area contributed by atoms with E-state index >= 15 is 0 Å². The molecule has 2 heterocycles. The molecule has 0 radical (unpaired) electrons. The lowest BCUT2D eigenvalue weighted by Crippen LogP contribution is -2.21. The Hall–Kier alpha value is -3.68. The van der Waals surface area contributed by atoms with Crippen LogP contribution in [0.3, 0.4) is 0 Å². The maximum absolute atomic E-state index is 12.6. The van der Waals surface area contributed by atoms with Crippen LogP contribution in [-0.2, 0) is 16.1 Å². The lowest BCUT2D eigenvalue weighted by Gasteiger charge is -2.13. The van der Waals surface area contributed by atoms with Crippen LogP contribution in [0.5, 0.6) is 11.5 Å². The summed E-state index contributed by atoms with van der Waals surface area (Å²) in [5, 5.41) is 2.72. The van der Waals surface area contributed by atoms with Crippen LogP contribution in [0.25, 0.3) is 0 Å². The second-order valence-electron chi connectivity index (χ2n) is 7.10. The van der Waals surface area contributed by atoms with Crippen LogP contribution in [0, 0.1) is 13.8 Å². The Morgan fingerprint density at radius 1 is 1.06 bits per heavy atom. The Morgan fingerprint density at radius 2 is 1.84 bits per heavy atom. The number of benzene rings is 1. The molecule has 0 saturated carbocycles. The van der Waals surface area contributed by atoms with Crippen LogP contribution >= 0.6 is 0 Å². The number of carbonyl (C=O) groups excluding carboxylic acids is 2. The van der Waals surface area contributed by atoms with Crippen molar-refractivity contribution in [3.05, 3.63) is 65.4 Å². The molecule has 8 heteroatoms. The van der Waals surface area contributed by atoms with Crippen molar-refractivity contribution in [2.75, 3.05) is 25.1 Å². The van der Waals surface area contributed by atoms with Crippen molar-refractivity contribution in [2.24, 2.45) is 0 Å². The first-order valence-corrected chi connectivity index (χ1v) is 10.5. The predicted octanol–water partition coefficient (Wildman–Crippen LogP) is 4.34. The van der Waals surface area contributed by atoms with E-state index in [4.69, 9.17) is 18.6 Å². The average Bonchev–Trinajstić information content (AvgIpc) is 3.38. The standard InChI is InChI=1S/C24H28N2O6/c1-5-29-18-9-10-22(30-6-2)21(13-18)25-23(27)15-32-24(28)20-12-16(3)26(17(20)4)14-19-8-7-11-31-19/h7-13H,5-6,14-15H2,1-4H3,(H,25,27). The van der Waals surface area contributed by atoms with Crippen molar-refractivity contribution in [3.63, 3.8) is 0 Å². The molecule has 3 rings (SSSR count). The molecule has 0 aliphatic rings. The zero-order valence-corrected chi connectivity index (χ0v) is 18.8. The van der Waals surface area contributed by atoms with Gasteiger partial charge in [0.05, 0.1) is 37.3 Å². The molecule has 3 aromatic rings. The van der Waals surface area contributed by atoms with Crippen molar-refractivity contribution < 1.29 is 28.2 Å². The van der Waals surface area contributed by atoms with Crippen LogP contribution in [0.4, 0.5) is 5.69 Å². The first-order chi connectivity index (χ1) is 15.4. The molecular weight excluding hydrogens is 412 g/mol. The molecule has 8 nitrogen and oxygen atoms in total. The zero-order chi connectivity index (χ0) is 23.1. The highest BCUT2D eigenvalue weighted by molar-refractivity contribution is 5.97. The summed E-state index contributed by atoms with van der Waals surface area (Å²) in [7, 11) is 0. The number of furan rings is 1. The fraction of sp³-hybridized carbons (Fsp3) is 0.333. The molecular formula is C24H28N2O6. The van der Waals surface area contributed by atoms with E-state index in [-0.39, 0.29) is 0 Å². The number of ether oxygens (including phenoxy) is 3. The molecule has 1 aromatic carbocycles. The van der Waals surface area contributed by atoms with Gasteiger partial charge in [0.25, 0.3) is 5.91 Å². The summed E-state index contributed by atoms with van der Waals surface area (Å²) in [5.74, 6) is 0.860. The fourth-order valence-corrected chi connectivity index (χ4v) is 3.35. The van der Waals surface area contributed by atoms with Gasteiger partial charge in [-0.2, -0.15) is 0 Å². The molecule has 170 valence electrons. The summed E-state index contributed by atoms with van der Waals surface area (Å²) in [6.07, 6.45) is 1.61. The van der Waals surface area contributed by atoms with E-state index in [1.165, 1.54) is 0 Å². The van der Waals surface area contributed by atoms with Gasteiger partial charge in [0.15, 0.2) is 6.61 Å². The van der Waals surface area contributed by atoms with Crippen LogP contribution < -0.4 is 14.8 Å². The van der Waals surface area contributed by atoms with Gasteiger partial charge in [-0.3, -0.25) is 4.79 Å². The molecule has 0 fully saturated rings. The maximum Gasteiger partial charge on any atom is 0.340 e. The molecule has 2 aromatic heterocycles. The summed E-state index contributed by atoms with van der Waals surface area (Å²) >= 11 is 0. The number of rotatable bonds is 10. The van der Waals surface area contributed by atoms with Crippen LogP contribution in [0.15, 0.2) is 47.1 Å². The zero-order valence-electron chi connectivity index (χ0n) is 18.8. The Labute approximate surface area is 187 Å². The molecule has 0 bridgehead atoms. The highest BCUT2D eigenvalue weighted by Gasteiger charge is 2.19. The monoisotopic (exact) mass is 440 g/mol. The number of aryl methyl sites for hydroxylation is 1. The molecule has 0 aliphatic heterocycles. The number of amides is 1. The summed E-state index contributed by atoms with van der Waals surface area (Å²) in [6.45, 7) is 8.49. The van der Waals surface area contributed by atoms with Gasteiger partial charge in [-0.15, -0.1) is 0 Å². The lowest BCUT2D eigenvalue weighted by atomic mass is 10.2. The van der Waals surface area contributed by atoms with Crippen molar-refractivity contribution in [2.45, 2.75) is 34.2 Å². The Kier molecular flexibility index (Phi) is 7.59. The summed E-state index contributed by atoms with van der Waals surface area (Å²) < 4.78 is 23.7. The minimum atomic E-state index is -0.563. The van der Waals surface area contributed by atoms with E-state index in [1.807, 2.05) is 44.4 Å². The van der Waals surface area contributed by atoms with Crippen molar-refractivity contribution in [1.82, 2.24) is 4.57 Å². The molecule has 0 aliphatic carbocycles. The van der Waals surface area contributed by atoms with Crippen LogP contribution in [0.2, 0.25) is 0 Å². The molecule has 0 spiro atoms. The van der Waals surface area contributed by atoms with Crippen LogP contribution in [0.1, 0.15) is 41.4 Å². The van der Waals surface area contributed by atoms with E-state index < -0.39 is 18.5 Å². The van der Waals surface area contributed by atoms with Gasteiger partial charge in [0.1, 0.15) is 17.3 Å². The van der Waals surface area contributed by atoms with Crippen molar-refractivity contribution >= 4 is 17.6 Å². The van der Waals surface area contributed by atoms with E-state index in [9.17, 15) is 9.59 Å². The van der Waals surface area contributed by atoms with Gasteiger partial charge in [0.2, 0.25) is 0 Å². The minimum Gasteiger partial charge on any atom is -0.494 e. The van der Waals surface area contributed by atoms with Crippen molar-refractivity contribution in [1.29, 1.82) is 0 Å². The Balaban J connectivity index is 1.64. The van der Waals surface area contributed by atoms with Crippen molar-refractivity contribution in [3.8, 4) is 11.5 Å². The van der Waals surface area contributed by atoms with Crippen LogP contribution in [-0.4, -0.2) is 36.3 Å². The maximum atomic E-state index is 12.6. The minimum absolute atomic E-state index is 0.412. The van der Waals surface area contributed by atoms with E-state index in [1.54, 1.807) is 30.5 Å². The average molecular weight is 440 g/mol. The number of nitrogens with zero attached hydrogens (tertiary/aromatic N) is 1. The Morgan fingerprint density at radius 3 is 2.53 bits per heavy atom. The third-order valence-electron chi connectivity index (χ3n) is 4.86. The van der Waals surface area contributed by atoms with Gasteiger partial charge in [-0.1, -0.05) is 0 Å². The number of anilines is 1. The number of nitrogens with one attached hydrogen (secondary N) is 1. The summed E-state index contributed by atoms with van der Waals surface area (Å²) in [5.41, 5.74) is 2.50. The highest BCUT2D eigenvalue weighted by Crippen LogP contribution is 2.29. The molecule has 0 unspecified atom stereocenters. The smallest absolute Gasteiger partial charge is 0.340 e. The van der Waals surface area contributed by atoms with Gasteiger partial charge < -0.3 is 28.5 Å². The summed E-state index contributed by atoms with van der Waals surface area (Å²) in [6, 6.07) is 10.6. The van der Waals surface area contributed by atoms with E-state index in [2.05, 4.69) is 5.32 Å². The third kappa shape index (κ3) is 5.51. The van der Waals surface area contributed by atoms with Gasteiger partial charge in [-0.25, -0.2) is 4.79 Å². The number of hydrogen-bond donors (Lipinski definition) is 1. The van der Waals surface area contributed by atoms with E-state index in [0.29, 0.717) is 42.5 Å². The largest absolute Gasteiger partial charge is 0.494 e.